The molecule has 7 nitrogen and oxygen atoms in total. The predicted octanol–water partition coefficient (Wildman–Crippen LogP) is 7.00. The molecule has 27 heavy (non-hydrogen) atoms. The van der Waals surface area contributed by atoms with E-state index in [1.165, 1.54) is 24.3 Å². The molecule has 2 aromatic carbocycles. The molecule has 0 N–H and O–H groups in total. The van der Waals surface area contributed by atoms with Gasteiger partial charge >= 0.3 is 15.6 Å². The molecule has 0 bridgehead atoms. The highest BCUT2D eigenvalue weighted by Crippen LogP contribution is 2.66. The van der Waals surface area contributed by atoms with Gasteiger partial charge in [-0.25, -0.2) is 9.13 Å². The first kappa shape index (κ1) is 21.4. The minimum absolute atomic E-state index is 0.0488. The van der Waals surface area contributed by atoms with Crippen molar-refractivity contribution in [2.24, 2.45) is 0 Å². The summed E-state index contributed by atoms with van der Waals surface area (Å²) in [4.78, 5) is 0. The zero-order valence-corrected chi connectivity index (χ0v) is 17.0. The van der Waals surface area contributed by atoms with Gasteiger partial charge in [-0.15, -0.1) is 4.31 Å². The van der Waals surface area contributed by atoms with E-state index in [0.29, 0.717) is 0 Å². The molecule has 0 saturated heterocycles. The van der Waals surface area contributed by atoms with Crippen molar-refractivity contribution >= 4 is 38.8 Å². The Morgan fingerprint density at radius 3 is 1.44 bits per heavy atom. The van der Waals surface area contributed by atoms with Crippen LogP contribution >= 0.6 is 38.8 Å². The van der Waals surface area contributed by atoms with Crippen molar-refractivity contribution in [3.63, 3.8) is 0 Å². The molecule has 0 spiro atoms. The molecule has 0 fully saturated rings. The largest absolute Gasteiger partial charge is 0.597 e. The molecule has 0 radical (unpaired) electrons. The average molecular weight is 451 g/mol. The van der Waals surface area contributed by atoms with Crippen molar-refractivity contribution in [3.8, 4) is 11.5 Å². The number of halogens is 2. The summed E-state index contributed by atoms with van der Waals surface area (Å²) in [5.41, 5.74) is 0. The predicted molar refractivity (Wildman–Crippen MR) is 103 cm³/mol. The Morgan fingerprint density at radius 2 is 1.11 bits per heavy atom. The lowest BCUT2D eigenvalue weighted by atomic mass is 10.3. The van der Waals surface area contributed by atoms with Gasteiger partial charge in [-0.1, -0.05) is 60.6 Å². The average Bonchev–Trinajstić information content (AvgIpc) is 2.59. The lowest BCUT2D eigenvalue weighted by Crippen LogP contribution is -2.04. The Labute approximate surface area is 166 Å². The van der Waals surface area contributed by atoms with Crippen molar-refractivity contribution in [2.45, 2.75) is 0 Å². The van der Waals surface area contributed by atoms with Crippen molar-refractivity contribution in [1.29, 1.82) is 0 Å². The number of rotatable bonds is 10. The highest BCUT2D eigenvalue weighted by Gasteiger charge is 2.45. The van der Waals surface area contributed by atoms with Crippen molar-refractivity contribution in [1.82, 2.24) is 0 Å². The van der Waals surface area contributed by atoms with E-state index in [-0.39, 0.29) is 21.5 Å². The lowest BCUT2D eigenvalue weighted by molar-refractivity contribution is 0.219. The maximum absolute atomic E-state index is 12.9. The van der Waals surface area contributed by atoms with Crippen molar-refractivity contribution < 1.29 is 31.5 Å². The first-order valence-electron chi connectivity index (χ1n) is 7.19. The molecule has 2 aromatic rings. The minimum atomic E-state index is -4.58. The molecule has 11 heteroatoms. The third-order valence-corrected chi connectivity index (χ3v) is 6.58. The molecule has 2 rings (SSSR count). The van der Waals surface area contributed by atoms with Gasteiger partial charge < -0.3 is 18.1 Å². The first-order valence-corrected chi connectivity index (χ1v) is 10.9. The summed E-state index contributed by atoms with van der Waals surface area (Å²) in [6.07, 6.45) is 1.57. The second-order valence-electron chi connectivity index (χ2n) is 4.56. The maximum atomic E-state index is 12.9. The number of hydrogen-bond acceptors (Lipinski definition) is 7. The topological polar surface area (TPSA) is 80.3 Å². The normalized spacial score (nSPS) is 14.9. The van der Waals surface area contributed by atoms with Crippen LogP contribution in [0.4, 0.5) is 0 Å². The van der Waals surface area contributed by atoms with E-state index < -0.39 is 15.6 Å². The Hall–Kier alpha value is -1.88. The molecule has 2 unspecified atom stereocenters. The number of benzene rings is 2. The molecule has 0 saturated carbocycles. The highest BCUT2D eigenvalue weighted by molar-refractivity contribution is 7.62. The van der Waals surface area contributed by atoms with Crippen LogP contribution in [-0.4, -0.2) is 0 Å². The van der Waals surface area contributed by atoms with Crippen molar-refractivity contribution in [3.05, 3.63) is 84.3 Å². The van der Waals surface area contributed by atoms with Crippen LogP contribution in [-0.2, 0) is 22.5 Å². The van der Waals surface area contributed by atoms with Crippen LogP contribution in [0.1, 0.15) is 0 Å². The zero-order valence-electron chi connectivity index (χ0n) is 13.7. The molecule has 0 aliphatic rings. The van der Waals surface area contributed by atoms with Crippen LogP contribution in [0.5, 0.6) is 11.5 Å². The SMILES string of the molecule is C=COP(=O)(Oc1ccccc1Cl)OP(=O)(OC=C)Oc1ccccc1Cl. The van der Waals surface area contributed by atoms with Crippen LogP contribution in [0.2, 0.25) is 10.0 Å². The summed E-state index contributed by atoms with van der Waals surface area (Å²) in [6, 6.07) is 12.2. The molecular formula is C16H14Cl2O7P2. The van der Waals surface area contributed by atoms with E-state index in [2.05, 4.69) is 13.2 Å². The van der Waals surface area contributed by atoms with E-state index in [1.807, 2.05) is 0 Å². The molecule has 2 atom stereocenters. The van der Waals surface area contributed by atoms with Crippen LogP contribution in [0, 0.1) is 0 Å². The summed E-state index contributed by atoms with van der Waals surface area (Å²) in [5.74, 6) is -0.0977. The number of phosphoric ester groups is 2. The van der Waals surface area contributed by atoms with Gasteiger partial charge in [0.05, 0.1) is 22.6 Å². The van der Waals surface area contributed by atoms with Crippen molar-refractivity contribution in [2.75, 3.05) is 0 Å². The summed E-state index contributed by atoms with van der Waals surface area (Å²) in [6.45, 7) is 6.57. The van der Waals surface area contributed by atoms with Crippen LogP contribution in [0.15, 0.2) is 74.2 Å². The molecule has 0 aliphatic heterocycles. The molecule has 0 heterocycles. The second-order valence-corrected chi connectivity index (χ2v) is 8.61. The van der Waals surface area contributed by atoms with Gasteiger partial charge in [0.15, 0.2) is 11.5 Å². The van der Waals surface area contributed by atoms with E-state index in [0.717, 1.165) is 12.5 Å². The van der Waals surface area contributed by atoms with E-state index >= 15 is 0 Å². The fourth-order valence-electron chi connectivity index (χ4n) is 1.70. The summed E-state index contributed by atoms with van der Waals surface area (Å²) < 4.78 is 50.8. The maximum Gasteiger partial charge on any atom is 0.597 e. The van der Waals surface area contributed by atoms with Gasteiger partial charge in [-0.3, -0.25) is 0 Å². The standard InChI is InChI=1S/C16H14Cl2O7P2/c1-3-21-26(19,23-15-11-7-5-9-13(15)17)25-27(20,22-4-2)24-16-12-8-6-10-14(16)18/h3-12H,1-2H2. The van der Waals surface area contributed by atoms with Gasteiger partial charge in [0.1, 0.15) is 0 Å². The molecule has 0 aromatic heterocycles. The fraction of sp³-hybridized carbons (Fsp3) is 0. The smallest absolute Gasteiger partial charge is 0.403 e. The van der Waals surface area contributed by atoms with Gasteiger partial charge in [0.2, 0.25) is 0 Å². The van der Waals surface area contributed by atoms with Gasteiger partial charge in [-0.05, 0) is 24.3 Å². The fourth-order valence-corrected chi connectivity index (χ4v) is 4.96. The van der Waals surface area contributed by atoms with Crippen LogP contribution < -0.4 is 9.05 Å². The highest BCUT2D eigenvalue weighted by atomic mass is 35.5. The quantitative estimate of drug-likeness (QED) is 0.284. The summed E-state index contributed by atoms with van der Waals surface area (Å²) >= 11 is 11.9. The Kier molecular flexibility index (Phi) is 7.42. The third kappa shape index (κ3) is 6.06. The molecule has 0 amide bonds. The Bertz CT molecular complexity index is 846. The summed E-state index contributed by atoms with van der Waals surface area (Å²) in [7, 11) is -9.16. The van der Waals surface area contributed by atoms with Crippen LogP contribution in [0.25, 0.3) is 0 Å². The Morgan fingerprint density at radius 1 is 0.741 bits per heavy atom. The minimum Gasteiger partial charge on any atom is -0.403 e. The number of hydrogen-bond donors (Lipinski definition) is 0. The van der Waals surface area contributed by atoms with E-state index in [9.17, 15) is 9.13 Å². The van der Waals surface area contributed by atoms with Gasteiger partial charge in [0.25, 0.3) is 0 Å². The monoisotopic (exact) mass is 450 g/mol. The van der Waals surface area contributed by atoms with Gasteiger partial charge in [-0.2, -0.15) is 0 Å². The zero-order chi connectivity index (χ0) is 19.9. The first-order chi connectivity index (χ1) is 12.8. The number of para-hydroxylation sites is 2. The number of phosphoric acid groups is 2. The molecule has 0 aliphatic carbocycles. The third-order valence-electron chi connectivity index (χ3n) is 2.70. The lowest BCUT2D eigenvalue weighted by Gasteiger charge is -2.22. The summed E-state index contributed by atoms with van der Waals surface area (Å²) in [5, 5.41) is 0.223. The molecular weight excluding hydrogens is 437 g/mol. The second kappa shape index (κ2) is 9.36. The van der Waals surface area contributed by atoms with E-state index in [4.69, 9.17) is 45.6 Å². The molecule has 144 valence electrons. The van der Waals surface area contributed by atoms with E-state index in [1.54, 1.807) is 24.3 Å². The Balaban J connectivity index is 2.34. The van der Waals surface area contributed by atoms with Gasteiger partial charge in [0, 0.05) is 0 Å². The van der Waals surface area contributed by atoms with Crippen LogP contribution in [0.3, 0.4) is 0 Å².